The first-order valence-electron chi connectivity index (χ1n) is 8.12. The number of benzene rings is 2. The van der Waals surface area contributed by atoms with E-state index in [0.717, 1.165) is 5.56 Å². The first-order valence-corrected chi connectivity index (χ1v) is 8.12. The van der Waals surface area contributed by atoms with Crippen molar-refractivity contribution in [2.75, 3.05) is 7.11 Å². The topological polar surface area (TPSA) is 69.0 Å². The summed E-state index contributed by atoms with van der Waals surface area (Å²) in [4.78, 5) is 16.3. The molecule has 26 heavy (non-hydrogen) atoms. The van der Waals surface area contributed by atoms with Crippen molar-refractivity contribution in [3.8, 4) is 5.75 Å². The number of aromatic nitrogens is 3. The number of amides is 1. The fourth-order valence-corrected chi connectivity index (χ4v) is 2.58. The molecule has 0 aliphatic heterocycles. The highest BCUT2D eigenvalue weighted by Crippen LogP contribution is 2.22. The first kappa shape index (κ1) is 17.6. The Morgan fingerprint density at radius 2 is 2.04 bits per heavy atom. The minimum absolute atomic E-state index is 0.176. The normalized spacial score (nSPS) is 11.8. The third-order valence-electron chi connectivity index (χ3n) is 4.05. The molecule has 2 aromatic carbocycles. The number of carbonyl (C=O) groups is 1. The molecular formula is C19H19FN4O2. The molecule has 6 nitrogen and oxygen atoms in total. The number of hydrogen-bond acceptors (Lipinski definition) is 4. The van der Waals surface area contributed by atoms with Gasteiger partial charge in [0.2, 0.25) is 0 Å². The Labute approximate surface area is 150 Å². The van der Waals surface area contributed by atoms with Crippen molar-refractivity contribution in [2.45, 2.75) is 19.5 Å². The maximum Gasteiger partial charge on any atom is 0.251 e. The van der Waals surface area contributed by atoms with Crippen LogP contribution in [0.25, 0.3) is 0 Å². The summed E-state index contributed by atoms with van der Waals surface area (Å²) < 4.78 is 20.4. The van der Waals surface area contributed by atoms with Crippen LogP contribution in [0, 0.1) is 5.82 Å². The lowest BCUT2D eigenvalue weighted by Gasteiger charge is -2.15. The number of hydrogen-bond donors (Lipinski definition) is 1. The summed E-state index contributed by atoms with van der Waals surface area (Å²) in [5.74, 6) is -0.500. The van der Waals surface area contributed by atoms with Gasteiger partial charge in [-0.05, 0) is 42.3 Å². The molecule has 0 unspecified atom stereocenters. The lowest BCUT2D eigenvalue weighted by molar-refractivity contribution is 0.0940. The number of ether oxygens (including phenoxy) is 1. The Bertz CT molecular complexity index is 879. The van der Waals surface area contributed by atoms with Gasteiger partial charge in [0.25, 0.3) is 5.91 Å². The van der Waals surface area contributed by atoms with Crippen molar-refractivity contribution in [2.24, 2.45) is 0 Å². The molecule has 0 fully saturated rings. The lowest BCUT2D eigenvalue weighted by atomic mass is 10.1. The van der Waals surface area contributed by atoms with Gasteiger partial charge in [0, 0.05) is 5.56 Å². The van der Waals surface area contributed by atoms with E-state index in [-0.39, 0.29) is 17.7 Å². The van der Waals surface area contributed by atoms with E-state index >= 15 is 0 Å². The zero-order valence-electron chi connectivity index (χ0n) is 14.5. The van der Waals surface area contributed by atoms with Crippen LogP contribution < -0.4 is 10.1 Å². The van der Waals surface area contributed by atoms with Gasteiger partial charge in [0.1, 0.15) is 12.7 Å². The molecule has 0 aliphatic carbocycles. The Morgan fingerprint density at radius 3 is 2.65 bits per heavy atom. The van der Waals surface area contributed by atoms with E-state index in [4.69, 9.17) is 4.74 Å². The predicted octanol–water partition coefficient (Wildman–Crippen LogP) is 2.97. The number of methoxy groups -OCH3 is 1. The van der Waals surface area contributed by atoms with Crippen molar-refractivity contribution >= 4 is 5.91 Å². The highest BCUT2D eigenvalue weighted by molar-refractivity contribution is 5.94. The maximum absolute atomic E-state index is 13.8. The monoisotopic (exact) mass is 354 g/mol. The third kappa shape index (κ3) is 4.05. The van der Waals surface area contributed by atoms with Crippen LogP contribution in [-0.2, 0) is 6.54 Å². The fraction of sp³-hybridized carbons (Fsp3) is 0.211. The van der Waals surface area contributed by atoms with Crippen molar-refractivity contribution < 1.29 is 13.9 Å². The molecule has 0 bridgehead atoms. The third-order valence-corrected chi connectivity index (χ3v) is 4.05. The molecule has 134 valence electrons. The summed E-state index contributed by atoms with van der Waals surface area (Å²) in [6.07, 6.45) is 3.11. The lowest BCUT2D eigenvalue weighted by Crippen LogP contribution is -2.26. The number of halogens is 1. The first-order chi connectivity index (χ1) is 12.6. The number of nitrogens with zero attached hydrogens (tertiary/aromatic N) is 3. The number of rotatable bonds is 6. The molecule has 0 spiro atoms. The Hall–Kier alpha value is -3.22. The van der Waals surface area contributed by atoms with Crippen LogP contribution in [0.2, 0.25) is 0 Å². The van der Waals surface area contributed by atoms with Gasteiger partial charge in [0.15, 0.2) is 11.6 Å². The molecule has 1 atom stereocenters. The summed E-state index contributed by atoms with van der Waals surface area (Å²) >= 11 is 0. The van der Waals surface area contributed by atoms with Gasteiger partial charge in [-0.15, -0.1) is 0 Å². The quantitative estimate of drug-likeness (QED) is 0.739. The van der Waals surface area contributed by atoms with Gasteiger partial charge in [0.05, 0.1) is 19.7 Å². The molecule has 1 amide bonds. The van der Waals surface area contributed by atoms with Gasteiger partial charge in [-0.3, -0.25) is 4.79 Å². The molecular weight excluding hydrogens is 335 g/mol. The van der Waals surface area contributed by atoms with E-state index < -0.39 is 5.82 Å². The molecule has 3 rings (SSSR count). The van der Waals surface area contributed by atoms with E-state index in [0.29, 0.717) is 17.7 Å². The molecule has 1 N–H and O–H groups in total. The fourth-order valence-electron chi connectivity index (χ4n) is 2.58. The number of carbonyl (C=O) groups excluding carboxylic acids is 1. The molecule has 7 heteroatoms. The smallest absolute Gasteiger partial charge is 0.251 e. The van der Waals surface area contributed by atoms with E-state index in [2.05, 4.69) is 15.4 Å². The van der Waals surface area contributed by atoms with E-state index in [1.165, 1.54) is 19.5 Å². The molecule has 3 aromatic rings. The Morgan fingerprint density at radius 1 is 1.27 bits per heavy atom. The van der Waals surface area contributed by atoms with E-state index in [1.807, 2.05) is 12.1 Å². The summed E-state index contributed by atoms with van der Waals surface area (Å²) in [5.41, 5.74) is 2.21. The van der Waals surface area contributed by atoms with Crippen molar-refractivity contribution in [3.63, 3.8) is 0 Å². The molecule has 0 saturated carbocycles. The molecule has 1 heterocycles. The van der Waals surface area contributed by atoms with Crippen molar-refractivity contribution in [1.29, 1.82) is 0 Å². The summed E-state index contributed by atoms with van der Waals surface area (Å²) in [5, 5.41) is 6.92. The highest BCUT2D eigenvalue weighted by Gasteiger charge is 2.13. The zero-order chi connectivity index (χ0) is 18.5. The van der Waals surface area contributed by atoms with Crippen LogP contribution in [0.4, 0.5) is 4.39 Å². The molecule has 0 radical (unpaired) electrons. The van der Waals surface area contributed by atoms with Gasteiger partial charge < -0.3 is 10.1 Å². The second-order valence-electron chi connectivity index (χ2n) is 5.88. The van der Waals surface area contributed by atoms with Crippen molar-refractivity contribution in [3.05, 3.63) is 77.6 Å². The zero-order valence-corrected chi connectivity index (χ0v) is 14.5. The standard InChI is InChI=1S/C19H19FN4O2/c1-13(16-7-8-18(26-2)17(20)9-16)23-19(25)15-5-3-14(4-6-15)10-24-12-21-11-22-24/h3-9,11-13H,10H2,1-2H3,(H,23,25)/t13-/m1/s1. The van der Waals surface area contributed by atoms with Gasteiger partial charge in [-0.1, -0.05) is 18.2 Å². The number of nitrogens with one attached hydrogen (secondary N) is 1. The molecule has 0 saturated heterocycles. The summed E-state index contributed by atoms with van der Waals surface area (Å²) in [6.45, 7) is 2.39. The highest BCUT2D eigenvalue weighted by atomic mass is 19.1. The summed E-state index contributed by atoms with van der Waals surface area (Å²) in [6, 6.07) is 11.6. The minimum atomic E-state index is -0.455. The molecule has 0 aliphatic rings. The maximum atomic E-state index is 13.8. The SMILES string of the molecule is COc1ccc([C@@H](C)NC(=O)c2ccc(Cn3cncn3)cc2)cc1F. The van der Waals surface area contributed by atoms with Gasteiger partial charge in [-0.2, -0.15) is 5.10 Å². The largest absolute Gasteiger partial charge is 0.494 e. The van der Waals surface area contributed by atoms with Crippen LogP contribution in [-0.4, -0.2) is 27.8 Å². The second-order valence-corrected chi connectivity index (χ2v) is 5.88. The minimum Gasteiger partial charge on any atom is -0.494 e. The van der Waals surface area contributed by atoms with Gasteiger partial charge in [-0.25, -0.2) is 14.1 Å². The second kappa shape index (κ2) is 7.77. The van der Waals surface area contributed by atoms with Gasteiger partial charge >= 0.3 is 0 Å². The Kier molecular flexibility index (Phi) is 5.26. The predicted molar refractivity (Wildman–Crippen MR) is 94.4 cm³/mol. The van der Waals surface area contributed by atoms with E-state index in [1.54, 1.807) is 42.2 Å². The summed E-state index contributed by atoms with van der Waals surface area (Å²) in [7, 11) is 1.41. The van der Waals surface area contributed by atoms with E-state index in [9.17, 15) is 9.18 Å². The van der Waals surface area contributed by atoms with Crippen molar-refractivity contribution in [1.82, 2.24) is 20.1 Å². The van der Waals surface area contributed by atoms with Crippen LogP contribution in [0.3, 0.4) is 0 Å². The molecule has 1 aromatic heterocycles. The average molecular weight is 354 g/mol. The average Bonchev–Trinajstić information content (AvgIpc) is 3.15. The van der Waals surface area contributed by atoms with Crippen LogP contribution >= 0.6 is 0 Å². The van der Waals surface area contributed by atoms with Crippen LogP contribution in [0.15, 0.2) is 55.1 Å². The Balaban J connectivity index is 1.64. The van der Waals surface area contributed by atoms with Crippen LogP contribution in [0.5, 0.6) is 5.75 Å². The van der Waals surface area contributed by atoms with Crippen LogP contribution in [0.1, 0.15) is 34.5 Å².